The summed E-state index contributed by atoms with van der Waals surface area (Å²) in [6.45, 7) is 1.51. The number of nitrogens with one attached hydrogen (secondary N) is 1. The van der Waals surface area contributed by atoms with Crippen LogP contribution < -0.4 is 19.7 Å². The van der Waals surface area contributed by atoms with Gasteiger partial charge >= 0.3 is 6.03 Å². The van der Waals surface area contributed by atoms with E-state index in [2.05, 4.69) is 5.32 Å². The van der Waals surface area contributed by atoms with Crippen LogP contribution in [0.1, 0.15) is 22.3 Å². The average Bonchev–Trinajstić information content (AvgIpc) is 2.85. The van der Waals surface area contributed by atoms with Crippen LogP contribution in [-0.4, -0.2) is 44.1 Å². The number of hydrogen-bond acceptors (Lipinski definition) is 4. The zero-order valence-electron chi connectivity index (χ0n) is 19.1. The van der Waals surface area contributed by atoms with E-state index in [1.54, 1.807) is 48.3 Å². The molecule has 3 aromatic carbocycles. The summed E-state index contributed by atoms with van der Waals surface area (Å²) in [7, 11) is 3.17. The number of ether oxygens (including phenoxy) is 2. The van der Waals surface area contributed by atoms with E-state index in [1.165, 1.54) is 24.3 Å². The van der Waals surface area contributed by atoms with Crippen molar-refractivity contribution in [2.24, 2.45) is 0 Å². The number of para-hydroxylation sites is 2. The number of urea groups is 1. The van der Waals surface area contributed by atoms with Crippen molar-refractivity contribution in [3.8, 4) is 11.5 Å². The van der Waals surface area contributed by atoms with E-state index in [0.29, 0.717) is 42.5 Å². The third-order valence-electron chi connectivity index (χ3n) is 5.63. The number of hydrogen-bond donors (Lipinski definition) is 1. The summed E-state index contributed by atoms with van der Waals surface area (Å²) < 4.78 is 24.2. The topological polar surface area (TPSA) is 71.1 Å². The number of carbonyl (C=O) groups excluding carboxylic acids is 2. The second kappa shape index (κ2) is 10.2. The van der Waals surface area contributed by atoms with Crippen LogP contribution in [0.3, 0.4) is 0 Å². The molecular weight excluding hydrogens is 437 g/mol. The van der Waals surface area contributed by atoms with Crippen molar-refractivity contribution in [1.29, 1.82) is 0 Å². The van der Waals surface area contributed by atoms with Gasteiger partial charge in [-0.1, -0.05) is 18.2 Å². The molecule has 3 aromatic rings. The van der Waals surface area contributed by atoms with E-state index in [0.717, 1.165) is 12.0 Å². The number of benzene rings is 3. The zero-order valence-corrected chi connectivity index (χ0v) is 19.1. The Bertz CT molecular complexity index is 1180. The van der Waals surface area contributed by atoms with Gasteiger partial charge in [0.15, 0.2) is 0 Å². The molecule has 3 amide bonds. The first-order valence-corrected chi connectivity index (χ1v) is 10.9. The van der Waals surface area contributed by atoms with Gasteiger partial charge in [-0.25, -0.2) is 9.18 Å². The first kappa shape index (κ1) is 23.1. The Morgan fingerprint density at radius 2 is 1.71 bits per heavy atom. The summed E-state index contributed by atoms with van der Waals surface area (Å²) in [5.41, 5.74) is 2.16. The molecule has 4 rings (SSSR count). The molecule has 0 aromatic heterocycles. The highest BCUT2D eigenvalue weighted by atomic mass is 19.1. The predicted molar refractivity (Wildman–Crippen MR) is 128 cm³/mol. The van der Waals surface area contributed by atoms with Crippen LogP contribution in [-0.2, 0) is 6.54 Å². The summed E-state index contributed by atoms with van der Waals surface area (Å²) in [6, 6.07) is 18.0. The molecule has 1 aliphatic heterocycles. The van der Waals surface area contributed by atoms with Gasteiger partial charge in [-0.2, -0.15) is 0 Å². The van der Waals surface area contributed by atoms with Gasteiger partial charge in [-0.15, -0.1) is 0 Å². The van der Waals surface area contributed by atoms with Gasteiger partial charge < -0.3 is 19.7 Å². The lowest BCUT2D eigenvalue weighted by Crippen LogP contribution is -2.49. The molecule has 176 valence electrons. The van der Waals surface area contributed by atoms with Crippen LogP contribution in [0.5, 0.6) is 11.5 Å². The monoisotopic (exact) mass is 463 g/mol. The number of halogens is 1. The van der Waals surface area contributed by atoms with Gasteiger partial charge in [0.2, 0.25) is 0 Å². The molecular formula is C26H26FN3O4. The highest BCUT2D eigenvalue weighted by Crippen LogP contribution is 2.30. The normalized spacial score (nSPS) is 13.6. The number of rotatable bonds is 7. The Morgan fingerprint density at radius 1 is 0.971 bits per heavy atom. The average molecular weight is 464 g/mol. The quantitative estimate of drug-likeness (QED) is 0.540. The maximum Gasteiger partial charge on any atom is 0.324 e. The van der Waals surface area contributed by atoms with Gasteiger partial charge in [-0.3, -0.25) is 9.69 Å². The van der Waals surface area contributed by atoms with E-state index >= 15 is 0 Å². The molecule has 8 heteroatoms. The Labute approximate surface area is 197 Å². The molecule has 1 N–H and O–H groups in total. The van der Waals surface area contributed by atoms with Gasteiger partial charge in [0.1, 0.15) is 17.3 Å². The number of methoxy groups -OCH3 is 2. The Balaban J connectivity index is 1.55. The van der Waals surface area contributed by atoms with E-state index in [-0.39, 0.29) is 11.6 Å². The minimum Gasteiger partial charge on any atom is -0.497 e. The maximum absolute atomic E-state index is 13.6. The van der Waals surface area contributed by atoms with Crippen molar-refractivity contribution in [1.82, 2.24) is 4.90 Å². The Morgan fingerprint density at radius 3 is 2.41 bits per heavy atom. The standard InChI is InChI=1S/C26H26FN3O4/c1-33-21-13-18(14-22(16-21)34-2)17-29-11-6-12-30(26(29)32)24-10-4-3-9-23(24)28-25(31)19-7-5-8-20(27)15-19/h3-5,7-10,13-16H,6,11-12,17H2,1-2H3,(H,28,31). The van der Waals surface area contributed by atoms with Crippen molar-refractivity contribution in [2.45, 2.75) is 13.0 Å². The van der Waals surface area contributed by atoms with Crippen molar-refractivity contribution in [2.75, 3.05) is 37.5 Å². The van der Waals surface area contributed by atoms with Gasteiger partial charge in [-0.05, 0) is 54.4 Å². The lowest BCUT2D eigenvalue weighted by Gasteiger charge is -2.36. The molecule has 7 nitrogen and oxygen atoms in total. The van der Waals surface area contributed by atoms with E-state index < -0.39 is 11.7 Å². The van der Waals surface area contributed by atoms with Crippen LogP contribution in [0.25, 0.3) is 0 Å². The zero-order chi connectivity index (χ0) is 24.1. The number of nitrogens with zero attached hydrogens (tertiary/aromatic N) is 2. The molecule has 0 saturated carbocycles. The lowest BCUT2D eigenvalue weighted by molar-refractivity contribution is 0.102. The van der Waals surface area contributed by atoms with Crippen LogP contribution in [0.2, 0.25) is 0 Å². The minimum atomic E-state index is -0.489. The SMILES string of the molecule is COc1cc(CN2CCCN(c3ccccc3NC(=O)c3cccc(F)c3)C2=O)cc(OC)c1. The van der Waals surface area contributed by atoms with Crippen LogP contribution in [0.4, 0.5) is 20.6 Å². The third-order valence-corrected chi connectivity index (χ3v) is 5.63. The van der Waals surface area contributed by atoms with Crippen molar-refractivity contribution >= 4 is 23.3 Å². The van der Waals surface area contributed by atoms with Gasteiger partial charge in [0.05, 0.1) is 25.6 Å². The summed E-state index contributed by atoms with van der Waals surface area (Å²) >= 11 is 0. The molecule has 1 fully saturated rings. The molecule has 0 unspecified atom stereocenters. The highest BCUT2D eigenvalue weighted by molar-refractivity contribution is 6.07. The van der Waals surface area contributed by atoms with Gasteiger partial charge in [0.25, 0.3) is 5.91 Å². The molecule has 34 heavy (non-hydrogen) atoms. The first-order valence-electron chi connectivity index (χ1n) is 10.9. The summed E-state index contributed by atoms with van der Waals surface area (Å²) in [5.74, 6) is 0.371. The number of amides is 3. The molecule has 0 aliphatic carbocycles. The predicted octanol–water partition coefficient (Wildman–Crippen LogP) is 4.93. The molecule has 1 aliphatic rings. The summed E-state index contributed by atoms with van der Waals surface area (Å²) in [6.07, 6.45) is 0.763. The lowest BCUT2D eigenvalue weighted by atomic mass is 10.1. The fourth-order valence-corrected chi connectivity index (χ4v) is 3.97. The number of carbonyl (C=O) groups is 2. The van der Waals surface area contributed by atoms with Crippen LogP contribution in [0.15, 0.2) is 66.7 Å². The smallest absolute Gasteiger partial charge is 0.324 e. The molecule has 1 saturated heterocycles. The first-order chi connectivity index (χ1) is 16.5. The summed E-state index contributed by atoms with van der Waals surface area (Å²) in [4.78, 5) is 29.5. The Hall–Kier alpha value is -4.07. The van der Waals surface area contributed by atoms with Crippen molar-refractivity contribution in [3.63, 3.8) is 0 Å². The Kier molecular flexibility index (Phi) is 6.96. The molecule has 0 atom stereocenters. The van der Waals surface area contributed by atoms with Crippen molar-refractivity contribution < 1.29 is 23.5 Å². The third kappa shape index (κ3) is 5.11. The fraction of sp³-hybridized carbons (Fsp3) is 0.231. The van der Waals surface area contributed by atoms with Gasteiger partial charge in [0, 0.05) is 31.3 Å². The van der Waals surface area contributed by atoms with E-state index in [9.17, 15) is 14.0 Å². The van der Waals surface area contributed by atoms with E-state index in [1.807, 2.05) is 18.2 Å². The number of anilines is 2. The molecule has 0 bridgehead atoms. The minimum absolute atomic E-state index is 0.166. The maximum atomic E-state index is 13.6. The van der Waals surface area contributed by atoms with Crippen LogP contribution >= 0.6 is 0 Å². The second-order valence-corrected chi connectivity index (χ2v) is 7.91. The fourth-order valence-electron chi connectivity index (χ4n) is 3.97. The second-order valence-electron chi connectivity index (χ2n) is 7.91. The molecule has 0 radical (unpaired) electrons. The summed E-state index contributed by atoms with van der Waals surface area (Å²) in [5, 5.41) is 2.82. The van der Waals surface area contributed by atoms with E-state index in [4.69, 9.17) is 9.47 Å². The highest BCUT2D eigenvalue weighted by Gasteiger charge is 2.29. The molecule has 0 spiro atoms. The largest absolute Gasteiger partial charge is 0.497 e. The molecule has 1 heterocycles. The van der Waals surface area contributed by atoms with Crippen LogP contribution in [0, 0.1) is 5.82 Å². The van der Waals surface area contributed by atoms with Crippen molar-refractivity contribution in [3.05, 3.63) is 83.7 Å².